The molecule has 6 heteroatoms. The number of piperidine rings is 1. The third-order valence-electron chi connectivity index (χ3n) is 5.19. The second-order valence-corrected chi connectivity index (χ2v) is 7.87. The van der Waals surface area contributed by atoms with Gasteiger partial charge in [-0.2, -0.15) is 11.8 Å². The number of hydrogen-bond acceptors (Lipinski definition) is 5. The Labute approximate surface area is 142 Å². The van der Waals surface area contributed by atoms with E-state index in [9.17, 15) is 4.79 Å². The molecule has 0 N–H and O–H groups in total. The molecule has 3 fully saturated rings. The number of rotatable bonds is 5. The van der Waals surface area contributed by atoms with Gasteiger partial charge >= 0.3 is 0 Å². The number of aryl methyl sites for hydroxylation is 2. The zero-order chi connectivity index (χ0) is 16.4. The summed E-state index contributed by atoms with van der Waals surface area (Å²) in [7, 11) is 0. The monoisotopic (exact) mass is 337 g/mol. The van der Waals surface area contributed by atoms with Crippen molar-refractivity contribution in [3.63, 3.8) is 0 Å². The SMILES string of the molecule is CSCCC(=O)N1C[C@H]2CC[C@@H]1CN(Cc1c(C)noc1C)C2. The zero-order valence-corrected chi connectivity index (χ0v) is 15.2. The molecular formula is C17H27N3O2S. The van der Waals surface area contributed by atoms with Crippen molar-refractivity contribution in [3.05, 3.63) is 17.0 Å². The molecule has 5 nitrogen and oxygen atoms in total. The van der Waals surface area contributed by atoms with Gasteiger partial charge in [-0.3, -0.25) is 9.69 Å². The van der Waals surface area contributed by atoms with E-state index < -0.39 is 0 Å². The van der Waals surface area contributed by atoms with Gasteiger partial charge in [0, 0.05) is 50.0 Å². The van der Waals surface area contributed by atoms with Crippen molar-refractivity contribution in [3.8, 4) is 0 Å². The van der Waals surface area contributed by atoms with Gasteiger partial charge in [-0.25, -0.2) is 0 Å². The minimum Gasteiger partial charge on any atom is -0.361 e. The molecule has 1 aromatic heterocycles. The topological polar surface area (TPSA) is 49.6 Å². The first-order valence-electron chi connectivity index (χ1n) is 8.51. The van der Waals surface area contributed by atoms with Crippen LogP contribution in [0.2, 0.25) is 0 Å². The van der Waals surface area contributed by atoms with E-state index in [-0.39, 0.29) is 0 Å². The van der Waals surface area contributed by atoms with Gasteiger partial charge in [-0.05, 0) is 38.9 Å². The Kier molecular flexibility index (Phi) is 5.31. The molecule has 0 aliphatic carbocycles. The van der Waals surface area contributed by atoms with Crippen LogP contribution in [0.1, 0.15) is 36.3 Å². The van der Waals surface area contributed by atoms with Gasteiger partial charge in [-0.1, -0.05) is 5.16 Å². The number of aromatic nitrogens is 1. The summed E-state index contributed by atoms with van der Waals surface area (Å²) in [5, 5.41) is 4.07. The molecule has 4 rings (SSSR count). The van der Waals surface area contributed by atoms with Gasteiger partial charge in [0.05, 0.1) is 5.69 Å². The first-order valence-corrected chi connectivity index (χ1v) is 9.90. The predicted molar refractivity (Wildman–Crippen MR) is 92.5 cm³/mol. The molecule has 0 aromatic carbocycles. The summed E-state index contributed by atoms with van der Waals surface area (Å²) in [5.41, 5.74) is 2.21. The Morgan fingerprint density at radius 1 is 1.30 bits per heavy atom. The molecule has 0 saturated carbocycles. The average molecular weight is 337 g/mol. The Hall–Kier alpha value is -1.01. The van der Waals surface area contributed by atoms with Gasteiger partial charge in [0.15, 0.2) is 0 Å². The minimum atomic E-state index is 0.341. The number of amides is 1. The molecule has 128 valence electrons. The number of carbonyl (C=O) groups excluding carboxylic acids is 1. The molecule has 2 bridgehead atoms. The van der Waals surface area contributed by atoms with Crippen molar-refractivity contribution in [2.75, 3.05) is 31.6 Å². The lowest BCUT2D eigenvalue weighted by Gasteiger charge is -2.36. The van der Waals surface area contributed by atoms with E-state index in [1.54, 1.807) is 11.8 Å². The van der Waals surface area contributed by atoms with E-state index in [0.29, 0.717) is 24.3 Å². The van der Waals surface area contributed by atoms with Crippen LogP contribution in [0.3, 0.4) is 0 Å². The standard InChI is InChI=1S/C17H27N3O2S/c1-12-16(13(2)22-18-12)11-19-8-14-4-5-15(10-19)20(9-14)17(21)6-7-23-3/h14-15H,4-11H2,1-3H3/t14-,15+/m0/s1. The maximum absolute atomic E-state index is 12.5. The van der Waals surface area contributed by atoms with Crippen LogP contribution in [0.4, 0.5) is 0 Å². The highest BCUT2D eigenvalue weighted by Gasteiger charge is 2.37. The van der Waals surface area contributed by atoms with E-state index in [4.69, 9.17) is 4.52 Å². The summed E-state index contributed by atoms with van der Waals surface area (Å²) >= 11 is 1.75. The fourth-order valence-electron chi connectivity index (χ4n) is 3.90. The van der Waals surface area contributed by atoms with Crippen molar-refractivity contribution >= 4 is 17.7 Å². The van der Waals surface area contributed by atoms with E-state index >= 15 is 0 Å². The Balaban J connectivity index is 1.68. The number of carbonyl (C=O) groups is 1. The summed E-state index contributed by atoms with van der Waals surface area (Å²) in [6.07, 6.45) is 5.13. The van der Waals surface area contributed by atoms with Crippen molar-refractivity contribution in [1.82, 2.24) is 15.0 Å². The lowest BCUT2D eigenvalue weighted by molar-refractivity contribution is -0.134. The number of thioether (sulfide) groups is 1. The quantitative estimate of drug-likeness (QED) is 0.826. The van der Waals surface area contributed by atoms with E-state index in [1.165, 1.54) is 12.0 Å². The van der Waals surface area contributed by atoms with Gasteiger partial charge in [0.25, 0.3) is 0 Å². The normalized spacial score (nSPS) is 24.9. The first kappa shape index (κ1) is 16.8. The highest BCUT2D eigenvalue weighted by Crippen LogP contribution is 2.30. The zero-order valence-electron chi connectivity index (χ0n) is 14.4. The molecule has 1 aromatic rings. The molecule has 3 saturated heterocycles. The predicted octanol–water partition coefficient (Wildman–Crippen LogP) is 2.47. The maximum Gasteiger partial charge on any atom is 0.223 e. The Morgan fingerprint density at radius 2 is 2.13 bits per heavy atom. The molecule has 0 radical (unpaired) electrons. The molecule has 1 amide bonds. The lowest BCUT2D eigenvalue weighted by atomic mass is 9.95. The highest BCUT2D eigenvalue weighted by atomic mass is 32.2. The molecule has 2 atom stereocenters. The van der Waals surface area contributed by atoms with Crippen LogP contribution in [-0.2, 0) is 11.3 Å². The van der Waals surface area contributed by atoms with Crippen LogP contribution in [0.25, 0.3) is 0 Å². The molecule has 4 heterocycles. The van der Waals surface area contributed by atoms with Crippen molar-refractivity contribution in [2.24, 2.45) is 5.92 Å². The summed E-state index contributed by atoms with van der Waals surface area (Å²) < 4.78 is 5.30. The van der Waals surface area contributed by atoms with Gasteiger partial charge < -0.3 is 9.42 Å². The maximum atomic E-state index is 12.5. The Bertz CT molecular complexity index is 541. The fraction of sp³-hybridized carbons (Fsp3) is 0.765. The number of hydrogen-bond donors (Lipinski definition) is 0. The lowest BCUT2D eigenvalue weighted by Crippen LogP contribution is -2.47. The van der Waals surface area contributed by atoms with E-state index in [2.05, 4.69) is 21.2 Å². The van der Waals surface area contributed by atoms with Crippen LogP contribution in [0, 0.1) is 19.8 Å². The summed E-state index contributed by atoms with van der Waals surface area (Å²) in [5.74, 6) is 2.79. The highest BCUT2D eigenvalue weighted by molar-refractivity contribution is 7.98. The largest absolute Gasteiger partial charge is 0.361 e. The van der Waals surface area contributed by atoms with Crippen molar-refractivity contribution in [1.29, 1.82) is 0 Å². The minimum absolute atomic E-state index is 0.341. The molecule has 3 aliphatic rings. The van der Waals surface area contributed by atoms with Crippen molar-refractivity contribution in [2.45, 2.75) is 45.7 Å². The summed E-state index contributed by atoms with van der Waals surface area (Å²) in [4.78, 5) is 17.2. The summed E-state index contributed by atoms with van der Waals surface area (Å²) in [6.45, 7) is 7.88. The van der Waals surface area contributed by atoms with Crippen LogP contribution < -0.4 is 0 Å². The van der Waals surface area contributed by atoms with Gasteiger partial charge in [0.1, 0.15) is 5.76 Å². The number of nitrogens with zero attached hydrogens (tertiary/aromatic N) is 3. The molecule has 0 unspecified atom stereocenters. The smallest absolute Gasteiger partial charge is 0.223 e. The molecular weight excluding hydrogens is 310 g/mol. The average Bonchev–Trinajstić information content (AvgIpc) is 2.74. The van der Waals surface area contributed by atoms with E-state index in [1.807, 2.05) is 13.8 Å². The fourth-order valence-corrected chi connectivity index (χ4v) is 4.28. The third kappa shape index (κ3) is 3.74. The third-order valence-corrected chi connectivity index (χ3v) is 5.80. The number of fused-ring (bicyclic) bond motifs is 4. The van der Waals surface area contributed by atoms with Crippen LogP contribution in [0.15, 0.2) is 4.52 Å². The van der Waals surface area contributed by atoms with Gasteiger partial charge in [0.2, 0.25) is 5.91 Å². The second-order valence-electron chi connectivity index (χ2n) is 6.88. The van der Waals surface area contributed by atoms with Crippen LogP contribution in [-0.4, -0.2) is 58.5 Å². The van der Waals surface area contributed by atoms with Crippen molar-refractivity contribution < 1.29 is 9.32 Å². The molecule has 0 spiro atoms. The first-order chi connectivity index (χ1) is 11.1. The Morgan fingerprint density at radius 3 is 2.83 bits per heavy atom. The van der Waals surface area contributed by atoms with Gasteiger partial charge in [-0.15, -0.1) is 0 Å². The van der Waals surface area contributed by atoms with Crippen LogP contribution in [0.5, 0.6) is 0 Å². The summed E-state index contributed by atoms with van der Waals surface area (Å²) in [6, 6.07) is 0.378. The van der Waals surface area contributed by atoms with Crippen LogP contribution >= 0.6 is 11.8 Å². The molecule has 3 aliphatic heterocycles. The van der Waals surface area contributed by atoms with E-state index in [0.717, 1.165) is 49.8 Å². The second kappa shape index (κ2) is 7.26. The molecule has 23 heavy (non-hydrogen) atoms.